The van der Waals surface area contributed by atoms with E-state index in [4.69, 9.17) is 5.73 Å². The summed E-state index contributed by atoms with van der Waals surface area (Å²) in [4.78, 5) is 14.3. The van der Waals surface area contributed by atoms with Crippen molar-refractivity contribution in [1.82, 2.24) is 4.90 Å². The number of hydrogen-bond acceptors (Lipinski definition) is 2. The highest BCUT2D eigenvalue weighted by atomic mass is 16.2. The van der Waals surface area contributed by atoms with E-state index in [1.54, 1.807) is 4.90 Å². The van der Waals surface area contributed by atoms with Gasteiger partial charge in [-0.1, -0.05) is 42.0 Å². The van der Waals surface area contributed by atoms with Gasteiger partial charge in [0.25, 0.3) is 5.91 Å². The second-order valence-corrected chi connectivity index (χ2v) is 5.40. The van der Waals surface area contributed by atoms with Crippen molar-refractivity contribution in [3.05, 3.63) is 70.8 Å². The zero-order valence-electron chi connectivity index (χ0n) is 12.8. The molecule has 0 saturated heterocycles. The van der Waals surface area contributed by atoms with Crippen LogP contribution < -0.4 is 5.73 Å². The highest BCUT2D eigenvalue weighted by molar-refractivity contribution is 5.94. The fourth-order valence-electron chi connectivity index (χ4n) is 2.23. The maximum atomic E-state index is 12.5. The summed E-state index contributed by atoms with van der Waals surface area (Å²) in [5.41, 5.74) is 9.65. The molecule has 0 saturated carbocycles. The Labute approximate surface area is 126 Å². The average Bonchev–Trinajstić information content (AvgIpc) is 2.53. The molecule has 1 amide bonds. The third-order valence-electron chi connectivity index (χ3n) is 3.90. The molecule has 0 spiro atoms. The van der Waals surface area contributed by atoms with E-state index in [-0.39, 0.29) is 11.9 Å². The molecule has 1 unspecified atom stereocenters. The Morgan fingerprint density at radius 1 is 1.10 bits per heavy atom. The van der Waals surface area contributed by atoms with Gasteiger partial charge in [0.1, 0.15) is 0 Å². The Kier molecular flexibility index (Phi) is 4.76. The van der Waals surface area contributed by atoms with Gasteiger partial charge in [0, 0.05) is 19.2 Å². The Balaban J connectivity index is 2.15. The number of amides is 1. The molecule has 2 rings (SSSR count). The van der Waals surface area contributed by atoms with Crippen molar-refractivity contribution in [3.8, 4) is 0 Å². The van der Waals surface area contributed by atoms with Crippen molar-refractivity contribution < 1.29 is 4.79 Å². The van der Waals surface area contributed by atoms with Crippen LogP contribution >= 0.6 is 0 Å². The molecule has 110 valence electrons. The van der Waals surface area contributed by atoms with Gasteiger partial charge in [-0.25, -0.2) is 0 Å². The molecule has 21 heavy (non-hydrogen) atoms. The van der Waals surface area contributed by atoms with Gasteiger partial charge in [-0.2, -0.15) is 0 Å². The number of benzene rings is 2. The summed E-state index contributed by atoms with van der Waals surface area (Å²) in [6.07, 6.45) is 0. The van der Waals surface area contributed by atoms with Gasteiger partial charge in [0.2, 0.25) is 0 Å². The number of nitrogens with zero attached hydrogens (tertiary/aromatic N) is 1. The molecule has 0 aromatic heterocycles. The van der Waals surface area contributed by atoms with E-state index in [0.29, 0.717) is 12.1 Å². The first-order chi connectivity index (χ1) is 10.0. The molecule has 2 N–H and O–H groups in total. The van der Waals surface area contributed by atoms with Crippen LogP contribution in [0.2, 0.25) is 0 Å². The van der Waals surface area contributed by atoms with Crippen molar-refractivity contribution in [1.29, 1.82) is 0 Å². The summed E-state index contributed by atoms with van der Waals surface area (Å²) in [6.45, 7) is 4.59. The van der Waals surface area contributed by atoms with Crippen LogP contribution in [0.3, 0.4) is 0 Å². The largest absolute Gasteiger partial charge is 0.335 e. The van der Waals surface area contributed by atoms with Gasteiger partial charge in [-0.05, 0) is 37.1 Å². The van der Waals surface area contributed by atoms with Gasteiger partial charge in [-0.3, -0.25) is 4.79 Å². The summed E-state index contributed by atoms with van der Waals surface area (Å²) in [5.74, 6) is 0.0200. The van der Waals surface area contributed by atoms with E-state index in [1.807, 2.05) is 38.2 Å². The van der Waals surface area contributed by atoms with E-state index in [1.165, 1.54) is 5.56 Å². The molecule has 0 bridgehead atoms. The predicted molar refractivity (Wildman–Crippen MR) is 86.0 cm³/mol. The zero-order valence-corrected chi connectivity index (χ0v) is 12.8. The van der Waals surface area contributed by atoms with E-state index < -0.39 is 0 Å². The first-order valence-corrected chi connectivity index (χ1v) is 7.15. The third-order valence-corrected chi connectivity index (χ3v) is 3.90. The molecule has 0 aliphatic heterocycles. The molecule has 0 aliphatic carbocycles. The third kappa shape index (κ3) is 3.50. The minimum absolute atomic E-state index is 0.0200. The van der Waals surface area contributed by atoms with E-state index in [2.05, 4.69) is 31.2 Å². The molecule has 2 aromatic rings. The van der Waals surface area contributed by atoms with Crippen LogP contribution in [-0.4, -0.2) is 17.9 Å². The Morgan fingerprint density at radius 2 is 1.67 bits per heavy atom. The maximum Gasteiger partial charge on any atom is 0.254 e. The molecule has 3 heteroatoms. The fraction of sp³-hybridized carbons (Fsp3) is 0.278. The molecule has 1 atom stereocenters. The monoisotopic (exact) mass is 282 g/mol. The molecule has 2 aromatic carbocycles. The summed E-state index contributed by atoms with van der Waals surface area (Å²) in [5, 5.41) is 0. The summed E-state index contributed by atoms with van der Waals surface area (Å²) in [7, 11) is 1.84. The van der Waals surface area contributed by atoms with Crippen LogP contribution in [0.5, 0.6) is 0 Å². The minimum atomic E-state index is 0.0200. The van der Waals surface area contributed by atoms with Crippen LogP contribution in [0, 0.1) is 6.92 Å². The number of hydrogen-bond donors (Lipinski definition) is 1. The Morgan fingerprint density at radius 3 is 2.19 bits per heavy atom. The molecular formula is C18H22N2O. The van der Waals surface area contributed by atoms with E-state index in [9.17, 15) is 4.79 Å². The molecule has 0 heterocycles. The first kappa shape index (κ1) is 15.3. The van der Waals surface area contributed by atoms with Crippen molar-refractivity contribution in [2.24, 2.45) is 5.73 Å². The molecule has 3 nitrogen and oxygen atoms in total. The molecule has 0 radical (unpaired) electrons. The number of nitrogens with two attached hydrogens (primary N) is 1. The molecule has 0 aliphatic rings. The zero-order chi connectivity index (χ0) is 15.4. The first-order valence-electron chi connectivity index (χ1n) is 7.15. The van der Waals surface area contributed by atoms with Crippen molar-refractivity contribution in [3.63, 3.8) is 0 Å². The summed E-state index contributed by atoms with van der Waals surface area (Å²) < 4.78 is 0. The lowest BCUT2D eigenvalue weighted by Crippen LogP contribution is -2.29. The van der Waals surface area contributed by atoms with Gasteiger partial charge in [0.15, 0.2) is 0 Å². The highest BCUT2D eigenvalue weighted by Gasteiger charge is 2.18. The normalized spacial score (nSPS) is 12.0. The van der Waals surface area contributed by atoms with Crippen LogP contribution in [0.1, 0.15) is 40.0 Å². The fourth-order valence-corrected chi connectivity index (χ4v) is 2.23. The lowest BCUT2D eigenvalue weighted by molar-refractivity contribution is 0.0742. The summed E-state index contributed by atoms with van der Waals surface area (Å²) in [6, 6.07) is 15.8. The summed E-state index contributed by atoms with van der Waals surface area (Å²) >= 11 is 0. The average molecular weight is 282 g/mol. The quantitative estimate of drug-likeness (QED) is 0.935. The number of rotatable bonds is 4. The lowest BCUT2D eigenvalue weighted by Gasteiger charge is -2.25. The van der Waals surface area contributed by atoms with Crippen LogP contribution in [-0.2, 0) is 6.54 Å². The number of aryl methyl sites for hydroxylation is 1. The Bertz CT molecular complexity index is 602. The van der Waals surface area contributed by atoms with Crippen LogP contribution in [0.25, 0.3) is 0 Å². The minimum Gasteiger partial charge on any atom is -0.335 e. The van der Waals surface area contributed by atoms with Crippen molar-refractivity contribution in [2.45, 2.75) is 26.4 Å². The second-order valence-electron chi connectivity index (χ2n) is 5.40. The number of carbonyl (C=O) groups is 1. The number of carbonyl (C=O) groups excluding carboxylic acids is 1. The van der Waals surface area contributed by atoms with Gasteiger partial charge < -0.3 is 10.6 Å². The Hall–Kier alpha value is -2.13. The van der Waals surface area contributed by atoms with E-state index in [0.717, 1.165) is 11.1 Å². The lowest BCUT2D eigenvalue weighted by atomic mass is 10.0. The molecular weight excluding hydrogens is 260 g/mol. The van der Waals surface area contributed by atoms with Gasteiger partial charge in [0.05, 0.1) is 6.04 Å². The predicted octanol–water partition coefficient (Wildman–Crippen LogP) is 3.29. The SMILES string of the molecule is Cc1ccc(C(C)N(C)C(=O)c2ccc(CN)cc2)cc1. The smallest absolute Gasteiger partial charge is 0.254 e. The van der Waals surface area contributed by atoms with Gasteiger partial charge >= 0.3 is 0 Å². The topological polar surface area (TPSA) is 46.3 Å². The highest BCUT2D eigenvalue weighted by Crippen LogP contribution is 2.21. The maximum absolute atomic E-state index is 12.5. The van der Waals surface area contributed by atoms with Crippen LogP contribution in [0.15, 0.2) is 48.5 Å². The van der Waals surface area contributed by atoms with Crippen LogP contribution in [0.4, 0.5) is 0 Å². The molecule has 0 fully saturated rings. The standard InChI is InChI=1S/C18H22N2O/c1-13-4-8-16(9-5-13)14(2)20(3)18(21)17-10-6-15(12-19)7-11-17/h4-11,14H,12,19H2,1-3H3. The second kappa shape index (κ2) is 6.55. The van der Waals surface area contributed by atoms with Gasteiger partial charge in [-0.15, -0.1) is 0 Å². The van der Waals surface area contributed by atoms with Crippen molar-refractivity contribution in [2.75, 3.05) is 7.05 Å². The van der Waals surface area contributed by atoms with Crippen molar-refractivity contribution >= 4 is 5.91 Å². The van der Waals surface area contributed by atoms with E-state index >= 15 is 0 Å².